The van der Waals surface area contributed by atoms with Crippen LogP contribution in [0.2, 0.25) is 0 Å². The minimum Gasteiger partial charge on any atom is -0.475 e. The highest BCUT2D eigenvalue weighted by atomic mass is 16.5. The largest absolute Gasteiger partial charge is 0.475 e. The van der Waals surface area contributed by atoms with Crippen LogP contribution in [0.4, 0.5) is 5.95 Å². The van der Waals surface area contributed by atoms with Crippen LogP contribution in [0.3, 0.4) is 0 Å². The van der Waals surface area contributed by atoms with E-state index in [9.17, 15) is 0 Å². The Morgan fingerprint density at radius 3 is 2.71 bits per heavy atom. The minimum absolute atomic E-state index is 0.516. The van der Waals surface area contributed by atoms with Crippen LogP contribution in [0.1, 0.15) is 26.0 Å². The quantitative estimate of drug-likeness (QED) is 0.703. The Labute approximate surface area is 103 Å². The number of nitrogens with zero attached hydrogens (tertiary/aromatic N) is 2. The van der Waals surface area contributed by atoms with E-state index >= 15 is 0 Å². The van der Waals surface area contributed by atoms with Gasteiger partial charge in [0.2, 0.25) is 11.8 Å². The van der Waals surface area contributed by atoms with Crippen molar-refractivity contribution in [3.8, 4) is 5.88 Å². The molecular weight excluding hydrogens is 218 g/mol. The number of ether oxygens (including phenoxy) is 2. The summed E-state index contributed by atoms with van der Waals surface area (Å²) in [7, 11) is 0. The number of aryl methyl sites for hydroxylation is 1. The smallest absolute Gasteiger partial charge is 0.226 e. The Balaban J connectivity index is 2.41. The number of aromatic nitrogens is 2. The van der Waals surface area contributed by atoms with Crippen LogP contribution in [0, 0.1) is 6.92 Å². The van der Waals surface area contributed by atoms with E-state index in [0.717, 1.165) is 25.3 Å². The first-order valence-electron chi connectivity index (χ1n) is 6.06. The summed E-state index contributed by atoms with van der Waals surface area (Å²) in [5.41, 5.74) is 0.889. The average molecular weight is 239 g/mol. The van der Waals surface area contributed by atoms with E-state index in [2.05, 4.69) is 22.2 Å². The average Bonchev–Trinajstić information content (AvgIpc) is 2.28. The predicted octanol–water partition coefficient (Wildman–Crippen LogP) is 2.02. The van der Waals surface area contributed by atoms with Gasteiger partial charge in [-0.25, -0.2) is 4.98 Å². The second kappa shape index (κ2) is 7.84. The molecule has 0 spiro atoms. The molecule has 5 heteroatoms. The van der Waals surface area contributed by atoms with Gasteiger partial charge in [0, 0.05) is 24.9 Å². The fourth-order valence-corrected chi connectivity index (χ4v) is 1.30. The van der Waals surface area contributed by atoms with Gasteiger partial charge >= 0.3 is 0 Å². The predicted molar refractivity (Wildman–Crippen MR) is 67.5 cm³/mol. The zero-order chi connectivity index (χ0) is 12.5. The number of hydrogen-bond acceptors (Lipinski definition) is 5. The van der Waals surface area contributed by atoms with E-state index < -0.39 is 0 Å². The van der Waals surface area contributed by atoms with E-state index in [-0.39, 0.29) is 0 Å². The number of rotatable bonds is 8. The van der Waals surface area contributed by atoms with Crippen molar-refractivity contribution in [2.45, 2.75) is 27.2 Å². The molecule has 0 saturated carbocycles. The molecule has 1 aromatic rings. The fourth-order valence-electron chi connectivity index (χ4n) is 1.30. The highest BCUT2D eigenvalue weighted by Gasteiger charge is 2.02. The topological polar surface area (TPSA) is 56.3 Å². The van der Waals surface area contributed by atoms with Crippen LogP contribution in [-0.4, -0.2) is 36.3 Å². The molecule has 1 aromatic heterocycles. The van der Waals surface area contributed by atoms with Crippen LogP contribution in [0.5, 0.6) is 5.88 Å². The lowest BCUT2D eigenvalue weighted by Crippen LogP contribution is -2.10. The maximum absolute atomic E-state index is 5.50. The van der Waals surface area contributed by atoms with Gasteiger partial charge in [0.25, 0.3) is 0 Å². The molecule has 0 unspecified atom stereocenters. The van der Waals surface area contributed by atoms with Crippen molar-refractivity contribution in [1.29, 1.82) is 0 Å². The molecule has 0 radical (unpaired) electrons. The van der Waals surface area contributed by atoms with Crippen molar-refractivity contribution < 1.29 is 9.47 Å². The van der Waals surface area contributed by atoms with Crippen LogP contribution in [0.25, 0.3) is 0 Å². The molecule has 0 atom stereocenters. The van der Waals surface area contributed by atoms with E-state index in [1.54, 1.807) is 0 Å². The first kappa shape index (κ1) is 13.7. The Kier molecular flexibility index (Phi) is 6.32. The standard InChI is InChI=1S/C12H21N3O2/c1-4-6-16-7-8-17-11-9-10(3)14-12(15-11)13-5-2/h9H,4-8H2,1-3H3,(H,13,14,15). The molecule has 1 N–H and O–H groups in total. The van der Waals surface area contributed by atoms with Crippen molar-refractivity contribution in [2.75, 3.05) is 31.7 Å². The third kappa shape index (κ3) is 5.49. The first-order chi connectivity index (χ1) is 8.26. The second-order valence-corrected chi connectivity index (χ2v) is 3.66. The lowest BCUT2D eigenvalue weighted by atomic mass is 10.4. The zero-order valence-electron chi connectivity index (χ0n) is 10.8. The van der Waals surface area contributed by atoms with Crippen molar-refractivity contribution in [2.24, 2.45) is 0 Å². The SMILES string of the molecule is CCCOCCOc1cc(C)nc(NCC)n1. The van der Waals surface area contributed by atoms with Crippen molar-refractivity contribution in [1.82, 2.24) is 9.97 Å². The molecule has 0 aliphatic carbocycles. The molecule has 0 amide bonds. The molecule has 96 valence electrons. The summed E-state index contributed by atoms with van der Waals surface area (Å²) in [6, 6.07) is 1.82. The van der Waals surface area contributed by atoms with Gasteiger partial charge in [-0.15, -0.1) is 0 Å². The molecule has 1 heterocycles. The summed E-state index contributed by atoms with van der Waals surface area (Å²) >= 11 is 0. The van der Waals surface area contributed by atoms with Crippen LogP contribution < -0.4 is 10.1 Å². The van der Waals surface area contributed by atoms with Gasteiger partial charge in [0.15, 0.2) is 0 Å². The van der Waals surface area contributed by atoms with Crippen LogP contribution in [-0.2, 0) is 4.74 Å². The third-order valence-corrected chi connectivity index (χ3v) is 1.99. The van der Waals surface area contributed by atoms with Gasteiger partial charge in [-0.2, -0.15) is 4.98 Å². The second-order valence-electron chi connectivity index (χ2n) is 3.66. The maximum Gasteiger partial charge on any atom is 0.226 e. The zero-order valence-corrected chi connectivity index (χ0v) is 10.8. The molecule has 0 bridgehead atoms. The van der Waals surface area contributed by atoms with Gasteiger partial charge in [-0.05, 0) is 20.3 Å². The number of hydrogen-bond donors (Lipinski definition) is 1. The number of anilines is 1. The Bertz CT molecular complexity index is 332. The van der Waals surface area contributed by atoms with Crippen molar-refractivity contribution in [3.63, 3.8) is 0 Å². The van der Waals surface area contributed by atoms with E-state index in [0.29, 0.717) is 25.0 Å². The van der Waals surface area contributed by atoms with Gasteiger partial charge in [-0.1, -0.05) is 6.92 Å². The van der Waals surface area contributed by atoms with E-state index in [4.69, 9.17) is 9.47 Å². The molecule has 5 nitrogen and oxygen atoms in total. The third-order valence-electron chi connectivity index (χ3n) is 1.99. The Morgan fingerprint density at radius 2 is 2.00 bits per heavy atom. The highest BCUT2D eigenvalue weighted by Crippen LogP contribution is 2.11. The van der Waals surface area contributed by atoms with Gasteiger partial charge in [-0.3, -0.25) is 0 Å². The summed E-state index contributed by atoms with van der Waals surface area (Å²) in [6.45, 7) is 8.68. The number of nitrogens with one attached hydrogen (secondary N) is 1. The lowest BCUT2D eigenvalue weighted by Gasteiger charge is -2.08. The summed E-state index contributed by atoms with van der Waals surface area (Å²) in [5, 5.41) is 3.07. The lowest BCUT2D eigenvalue weighted by molar-refractivity contribution is 0.0990. The summed E-state index contributed by atoms with van der Waals surface area (Å²) < 4.78 is 10.8. The van der Waals surface area contributed by atoms with Crippen molar-refractivity contribution >= 4 is 5.95 Å². The molecule has 0 aliphatic heterocycles. The maximum atomic E-state index is 5.50. The summed E-state index contributed by atoms with van der Waals surface area (Å²) in [6.07, 6.45) is 1.02. The molecule has 0 aromatic carbocycles. The van der Waals surface area contributed by atoms with Gasteiger partial charge in [0.05, 0.1) is 6.61 Å². The van der Waals surface area contributed by atoms with E-state index in [1.165, 1.54) is 0 Å². The van der Waals surface area contributed by atoms with Crippen molar-refractivity contribution in [3.05, 3.63) is 11.8 Å². The Morgan fingerprint density at radius 1 is 1.18 bits per heavy atom. The first-order valence-corrected chi connectivity index (χ1v) is 6.06. The van der Waals surface area contributed by atoms with Gasteiger partial charge < -0.3 is 14.8 Å². The minimum atomic E-state index is 0.516. The summed E-state index contributed by atoms with van der Waals surface area (Å²) in [4.78, 5) is 8.49. The van der Waals surface area contributed by atoms with Gasteiger partial charge in [0.1, 0.15) is 6.61 Å². The summed E-state index contributed by atoms with van der Waals surface area (Å²) in [5.74, 6) is 1.20. The molecule has 0 saturated heterocycles. The highest BCUT2D eigenvalue weighted by molar-refractivity contribution is 5.30. The molecule has 0 aliphatic rings. The monoisotopic (exact) mass is 239 g/mol. The molecule has 0 fully saturated rings. The Hall–Kier alpha value is -1.36. The molecule has 1 rings (SSSR count). The van der Waals surface area contributed by atoms with Crippen LogP contribution in [0.15, 0.2) is 6.07 Å². The fraction of sp³-hybridized carbons (Fsp3) is 0.667. The van der Waals surface area contributed by atoms with Crippen LogP contribution >= 0.6 is 0 Å². The van der Waals surface area contributed by atoms with E-state index in [1.807, 2.05) is 19.9 Å². The normalized spacial score (nSPS) is 10.3. The molecular formula is C12H21N3O2. The molecule has 17 heavy (non-hydrogen) atoms.